The van der Waals surface area contributed by atoms with Crippen LogP contribution in [0.1, 0.15) is 32.6 Å². The summed E-state index contributed by atoms with van der Waals surface area (Å²) in [5.41, 5.74) is -0.714. The number of aliphatic hydroxyl groups excluding tert-OH is 2. The molecule has 0 heterocycles. The van der Waals surface area contributed by atoms with Gasteiger partial charge in [-0.2, -0.15) is 0 Å². The van der Waals surface area contributed by atoms with E-state index in [1.807, 2.05) is 0 Å². The zero-order chi connectivity index (χ0) is 12.9. The Morgan fingerprint density at radius 2 is 2.00 bits per heavy atom. The summed E-state index contributed by atoms with van der Waals surface area (Å²) in [6, 6.07) is 0. The first-order chi connectivity index (χ1) is 8.02. The minimum atomic E-state index is -1.23. The predicted molar refractivity (Wildman–Crippen MR) is 62.0 cm³/mol. The lowest BCUT2D eigenvalue weighted by Gasteiger charge is -2.30. The van der Waals surface area contributed by atoms with Crippen LogP contribution in [0.2, 0.25) is 0 Å². The van der Waals surface area contributed by atoms with E-state index in [9.17, 15) is 19.8 Å². The van der Waals surface area contributed by atoms with Crippen molar-refractivity contribution >= 4 is 11.7 Å². The number of hydrogen-bond donors (Lipinski definition) is 3. The standard InChI is InChI=1S/C12H19NO4/c1-9(15)4-7-13-11(17)10(16)12(8-14)5-2-3-6-12/h4,7,10,14,16H,2-3,5-6,8H2,1H3,(H,13,17)/b7-4-/t10-/m1/s1. The lowest BCUT2D eigenvalue weighted by molar-refractivity contribution is -0.137. The molecule has 0 aromatic rings. The maximum absolute atomic E-state index is 11.6. The van der Waals surface area contributed by atoms with Crippen molar-refractivity contribution < 1.29 is 19.8 Å². The number of ketones is 1. The number of allylic oxidation sites excluding steroid dienone is 1. The fourth-order valence-corrected chi connectivity index (χ4v) is 2.20. The van der Waals surface area contributed by atoms with Crippen LogP contribution >= 0.6 is 0 Å². The highest BCUT2D eigenvalue weighted by Gasteiger charge is 2.43. The Balaban J connectivity index is 2.59. The molecule has 96 valence electrons. The van der Waals surface area contributed by atoms with Gasteiger partial charge >= 0.3 is 0 Å². The van der Waals surface area contributed by atoms with Gasteiger partial charge in [-0.1, -0.05) is 12.8 Å². The van der Waals surface area contributed by atoms with Crippen LogP contribution in [-0.4, -0.2) is 34.6 Å². The summed E-state index contributed by atoms with van der Waals surface area (Å²) in [7, 11) is 0. The lowest BCUT2D eigenvalue weighted by Crippen LogP contribution is -2.46. The van der Waals surface area contributed by atoms with Gasteiger partial charge in [-0.05, 0) is 25.8 Å². The molecular weight excluding hydrogens is 222 g/mol. The highest BCUT2D eigenvalue weighted by Crippen LogP contribution is 2.40. The van der Waals surface area contributed by atoms with Gasteiger partial charge in [0.2, 0.25) is 0 Å². The average molecular weight is 241 g/mol. The summed E-state index contributed by atoms with van der Waals surface area (Å²) in [5, 5.41) is 21.6. The van der Waals surface area contributed by atoms with E-state index in [1.165, 1.54) is 19.2 Å². The molecule has 1 fully saturated rings. The summed E-state index contributed by atoms with van der Waals surface area (Å²) in [4.78, 5) is 22.3. The van der Waals surface area contributed by atoms with Crippen molar-refractivity contribution in [1.82, 2.24) is 5.32 Å². The van der Waals surface area contributed by atoms with Crippen molar-refractivity contribution in [3.05, 3.63) is 12.3 Å². The molecule has 1 aliphatic carbocycles. The molecule has 1 saturated carbocycles. The van der Waals surface area contributed by atoms with Gasteiger partial charge in [-0.3, -0.25) is 9.59 Å². The third kappa shape index (κ3) is 3.38. The second-order valence-electron chi connectivity index (χ2n) is 4.58. The third-order valence-electron chi connectivity index (χ3n) is 3.29. The number of carbonyl (C=O) groups is 2. The highest BCUT2D eigenvalue weighted by molar-refractivity contribution is 5.88. The van der Waals surface area contributed by atoms with E-state index in [-0.39, 0.29) is 12.4 Å². The monoisotopic (exact) mass is 241 g/mol. The Labute approximate surface area is 101 Å². The first-order valence-electron chi connectivity index (χ1n) is 5.78. The molecule has 0 aromatic heterocycles. The van der Waals surface area contributed by atoms with E-state index in [2.05, 4.69) is 5.32 Å². The molecule has 3 N–H and O–H groups in total. The molecule has 0 bridgehead atoms. The van der Waals surface area contributed by atoms with Crippen LogP contribution < -0.4 is 5.32 Å². The van der Waals surface area contributed by atoms with E-state index in [1.54, 1.807) is 0 Å². The largest absolute Gasteiger partial charge is 0.396 e. The molecule has 0 saturated heterocycles. The number of hydrogen-bond acceptors (Lipinski definition) is 4. The number of aliphatic hydroxyl groups is 2. The van der Waals surface area contributed by atoms with E-state index < -0.39 is 17.4 Å². The SMILES string of the molecule is CC(=O)/C=C\NC(=O)[C@@H](O)C1(CO)CCCC1. The zero-order valence-corrected chi connectivity index (χ0v) is 9.98. The van der Waals surface area contributed by atoms with Crippen molar-refractivity contribution in [2.45, 2.75) is 38.7 Å². The Morgan fingerprint density at radius 3 is 2.47 bits per heavy atom. The summed E-state index contributed by atoms with van der Waals surface area (Å²) < 4.78 is 0. The first-order valence-corrected chi connectivity index (χ1v) is 5.78. The van der Waals surface area contributed by atoms with Gasteiger partial charge in [0.25, 0.3) is 5.91 Å². The van der Waals surface area contributed by atoms with E-state index in [0.717, 1.165) is 12.8 Å². The Morgan fingerprint density at radius 1 is 1.41 bits per heavy atom. The molecule has 0 spiro atoms. The van der Waals surface area contributed by atoms with Crippen molar-refractivity contribution in [1.29, 1.82) is 0 Å². The van der Waals surface area contributed by atoms with Crippen molar-refractivity contribution in [3.63, 3.8) is 0 Å². The van der Waals surface area contributed by atoms with E-state index in [0.29, 0.717) is 12.8 Å². The number of carbonyl (C=O) groups excluding carboxylic acids is 2. The molecule has 1 rings (SSSR count). The van der Waals surface area contributed by atoms with Crippen LogP contribution in [0, 0.1) is 5.41 Å². The summed E-state index contributed by atoms with van der Waals surface area (Å²) >= 11 is 0. The van der Waals surface area contributed by atoms with Gasteiger partial charge in [-0.25, -0.2) is 0 Å². The smallest absolute Gasteiger partial charge is 0.253 e. The summed E-state index contributed by atoms with van der Waals surface area (Å²) in [6.45, 7) is 1.17. The van der Waals surface area contributed by atoms with Crippen LogP contribution in [0.3, 0.4) is 0 Å². The van der Waals surface area contributed by atoms with Crippen LogP contribution in [0.15, 0.2) is 12.3 Å². The van der Waals surface area contributed by atoms with Gasteiger partial charge in [0.15, 0.2) is 5.78 Å². The van der Waals surface area contributed by atoms with Crippen molar-refractivity contribution in [2.75, 3.05) is 6.61 Å². The Hall–Kier alpha value is -1.20. The topological polar surface area (TPSA) is 86.6 Å². The van der Waals surface area contributed by atoms with E-state index >= 15 is 0 Å². The molecule has 0 aromatic carbocycles. The van der Waals surface area contributed by atoms with Gasteiger partial charge < -0.3 is 15.5 Å². The molecular formula is C12H19NO4. The van der Waals surface area contributed by atoms with Gasteiger partial charge in [-0.15, -0.1) is 0 Å². The van der Waals surface area contributed by atoms with Crippen LogP contribution in [0.5, 0.6) is 0 Å². The molecule has 0 aliphatic heterocycles. The van der Waals surface area contributed by atoms with Gasteiger partial charge in [0, 0.05) is 11.6 Å². The number of nitrogens with one attached hydrogen (secondary N) is 1. The molecule has 1 aliphatic rings. The quantitative estimate of drug-likeness (QED) is 0.597. The minimum absolute atomic E-state index is 0.183. The van der Waals surface area contributed by atoms with Gasteiger partial charge in [0.1, 0.15) is 6.10 Å². The lowest BCUT2D eigenvalue weighted by atomic mass is 9.80. The zero-order valence-electron chi connectivity index (χ0n) is 9.98. The van der Waals surface area contributed by atoms with Gasteiger partial charge in [0.05, 0.1) is 6.61 Å². The van der Waals surface area contributed by atoms with Crippen LogP contribution in [0.4, 0.5) is 0 Å². The molecule has 17 heavy (non-hydrogen) atoms. The first kappa shape index (κ1) is 13.9. The van der Waals surface area contributed by atoms with Crippen molar-refractivity contribution in [2.24, 2.45) is 5.41 Å². The molecule has 1 amide bonds. The number of amides is 1. The Bertz CT molecular complexity index is 318. The maximum atomic E-state index is 11.6. The highest BCUT2D eigenvalue weighted by atomic mass is 16.3. The van der Waals surface area contributed by atoms with Crippen LogP contribution in [-0.2, 0) is 9.59 Å². The summed E-state index contributed by atoms with van der Waals surface area (Å²) in [5.74, 6) is -0.754. The molecule has 0 unspecified atom stereocenters. The average Bonchev–Trinajstić information content (AvgIpc) is 2.77. The fourth-order valence-electron chi connectivity index (χ4n) is 2.20. The number of rotatable bonds is 5. The van der Waals surface area contributed by atoms with E-state index in [4.69, 9.17) is 0 Å². The Kier molecular flexibility index (Phi) is 4.84. The third-order valence-corrected chi connectivity index (χ3v) is 3.29. The maximum Gasteiger partial charge on any atom is 0.253 e. The van der Waals surface area contributed by atoms with Crippen LogP contribution in [0.25, 0.3) is 0 Å². The van der Waals surface area contributed by atoms with Crippen molar-refractivity contribution in [3.8, 4) is 0 Å². The molecule has 5 heteroatoms. The molecule has 0 radical (unpaired) electrons. The molecule has 1 atom stereocenters. The molecule has 5 nitrogen and oxygen atoms in total. The fraction of sp³-hybridized carbons (Fsp3) is 0.667. The summed E-state index contributed by atoms with van der Waals surface area (Å²) in [6.07, 6.45) is 4.32. The normalized spacial score (nSPS) is 20.4. The second-order valence-corrected chi connectivity index (χ2v) is 4.58. The predicted octanol–water partition coefficient (Wildman–Crippen LogP) is 0.119. The minimum Gasteiger partial charge on any atom is -0.396 e. The second kappa shape index (κ2) is 5.93.